The first-order valence-corrected chi connectivity index (χ1v) is 44.1. The number of hydrogen-bond acceptors (Lipinski definition) is 30. The minimum atomic E-state index is -4.85. The van der Waals surface area contributed by atoms with E-state index >= 15 is 0 Å². The van der Waals surface area contributed by atoms with E-state index in [1.807, 2.05) is 103 Å². The Morgan fingerprint density at radius 3 is 1.05 bits per heavy atom. The van der Waals surface area contributed by atoms with Gasteiger partial charge >= 0.3 is 42.5 Å². The number of carbonyl (C=O) groups is 6. The van der Waals surface area contributed by atoms with Crippen LogP contribution in [0.2, 0.25) is 15.1 Å². The van der Waals surface area contributed by atoms with Crippen molar-refractivity contribution in [1.82, 2.24) is 89.4 Å². The Kier molecular flexibility index (Phi) is 46.4. The Morgan fingerprint density at radius 2 is 0.674 bits per heavy atom. The number of nitrogens with one attached hydrogen (secondary N) is 12. The number of urea groups is 6. The molecule has 42 nitrogen and oxygen atoms in total. The number of amides is 12. The molecular weight excluding hydrogens is 1890 g/mol. The van der Waals surface area contributed by atoms with Gasteiger partial charge in [0, 0.05) is 127 Å². The molecule has 5 aromatic carbocycles. The Morgan fingerprint density at radius 1 is 0.319 bits per heavy atom. The zero-order valence-electron chi connectivity index (χ0n) is 78.9. The number of benzene rings is 5. The number of likely N-dealkylation sites (N-methyl/N-ethyl adjacent to an activating group) is 3. The summed E-state index contributed by atoms with van der Waals surface area (Å²) in [7, 11) is 15.8. The highest BCUT2D eigenvalue weighted by Gasteiger charge is 2.32. The van der Waals surface area contributed by atoms with Crippen LogP contribution in [0, 0.1) is 19.8 Å². The fourth-order valence-corrected chi connectivity index (χ4v) is 11.4. The van der Waals surface area contributed by atoms with Gasteiger partial charge in [0.2, 0.25) is 0 Å². The van der Waals surface area contributed by atoms with Crippen LogP contribution < -0.4 is 92.2 Å². The Hall–Kier alpha value is -15.9. The van der Waals surface area contributed by atoms with Crippen LogP contribution >= 0.6 is 34.8 Å². The first-order chi connectivity index (χ1) is 67.6. The lowest BCUT2D eigenvalue weighted by atomic mass is 10.1. The van der Waals surface area contributed by atoms with E-state index in [9.17, 15) is 41.9 Å². The zero-order valence-corrected chi connectivity index (χ0v) is 81.2. The summed E-state index contributed by atoms with van der Waals surface area (Å²) in [5.74, 6) is 4.81. The van der Waals surface area contributed by atoms with Crippen molar-refractivity contribution in [3.8, 4) is 34.5 Å². The summed E-state index contributed by atoms with van der Waals surface area (Å²) in [4.78, 5) is 136. The molecule has 0 saturated heterocycles. The van der Waals surface area contributed by atoms with Crippen LogP contribution in [0.5, 0.6) is 34.5 Å². The van der Waals surface area contributed by atoms with Crippen molar-refractivity contribution >= 4 is 151 Å². The van der Waals surface area contributed by atoms with Gasteiger partial charge in [-0.1, -0.05) is 66.8 Å². The van der Waals surface area contributed by atoms with E-state index in [1.54, 1.807) is 85.3 Å². The lowest BCUT2D eigenvalue weighted by Crippen LogP contribution is -2.22. The van der Waals surface area contributed by atoms with Gasteiger partial charge in [0.25, 0.3) is 0 Å². The van der Waals surface area contributed by atoms with E-state index < -0.39 is 48.3 Å². The first kappa shape index (κ1) is 110. The largest absolute Gasteiger partial charge is 0.573 e. The number of rotatable bonds is 34. The Bertz CT molecular complexity index is 6050. The number of anilines is 12. The van der Waals surface area contributed by atoms with Gasteiger partial charge in [-0.05, 0) is 174 Å². The molecule has 8 heterocycles. The topological polar surface area (TPSA) is 496 Å². The van der Waals surface area contributed by atoms with Gasteiger partial charge in [-0.15, -0.1) is 13.2 Å². The van der Waals surface area contributed by atoms with Crippen LogP contribution in [-0.4, -0.2) is 248 Å². The number of hydrogen-bond donors (Lipinski definition) is 12. The maximum atomic E-state index is 12.3. The molecule has 141 heavy (non-hydrogen) atoms. The summed E-state index contributed by atoms with van der Waals surface area (Å²) < 4.78 is 69.3. The second-order valence-corrected chi connectivity index (χ2v) is 32.1. The molecule has 0 radical (unpaired) electrons. The third-order valence-electron chi connectivity index (χ3n) is 17.5. The maximum absolute atomic E-state index is 12.3. The SMILES string of the molecule is CC(C)CCOc1ccc(Cl)cc1NC(=O)Nc1cnccn1.CN(C)CCCOc1ccc(Cl)cc1NC(=O)Nc1cnccn1.CN(C)CCOc1cc2cccnc2cc1NC(=O)Nc1cnccn1.Cc1cc(OCCN(C)C)c(NC(=O)Nc2cnccn2)cn1.Cc1cnc(NC(=O)Nc2cc(Cl)ccc2OCCN(C)C)cn1.O=C(Nc1cnccn1)Nc1ccccc1OC(F)(F)F. The molecule has 744 valence electrons. The lowest BCUT2D eigenvalue weighted by molar-refractivity contribution is -0.274. The average Bonchev–Trinajstić information content (AvgIpc) is 0.795. The molecular formula is C93H108Cl3F3N30O12. The van der Waals surface area contributed by atoms with Crippen LogP contribution in [0.25, 0.3) is 10.9 Å². The van der Waals surface area contributed by atoms with Gasteiger partial charge in [0.05, 0.1) is 102 Å². The average molecular weight is 2000 g/mol. The van der Waals surface area contributed by atoms with E-state index in [0.29, 0.717) is 140 Å². The Labute approximate surface area is 826 Å². The van der Waals surface area contributed by atoms with Crippen molar-refractivity contribution in [3.63, 3.8) is 0 Å². The zero-order chi connectivity index (χ0) is 102. The second-order valence-electron chi connectivity index (χ2n) is 30.8. The van der Waals surface area contributed by atoms with E-state index in [4.69, 9.17) is 58.5 Å². The van der Waals surface area contributed by atoms with E-state index in [-0.39, 0.29) is 11.5 Å². The van der Waals surface area contributed by atoms with E-state index in [0.717, 1.165) is 67.4 Å². The molecule has 8 aromatic heterocycles. The molecule has 12 N–H and O–H groups in total. The standard InChI is InChI=1S/C18H20N6O2.2C16H20ClN5O2.C16H19ClN4O2.C15H20N6O2.C12H9F3N4O2/c1-24(2)8-9-26-16-10-13-4-3-5-20-14(13)11-15(16)22-18(25)23-17-12-19-6-7-21-17;1-11-9-19-15(10-18-11)21-16(23)20-13-8-12(17)4-5-14(13)24-7-6-22(2)3;1-22(2)8-3-9-24-14-5-4-12(17)10-13(14)20-16(23)21-15-11-18-6-7-19-15;1-11(2)5-8-23-14-4-3-12(17)9-13(14)20-16(22)21-15-10-18-6-7-19-15;1-11-8-13(23-7-6-21(2)3)12(9-18-11)19-15(22)20-14-10-16-4-5-17-14;13-12(14,15)21-9-4-2-1-3-8(9)18-11(20)19-10-7-16-5-6-17-10/h3-7,10-12H,8-9H2,1-2H3,(H2,21,22,23,25);4-5,8-10H,6-7H2,1-3H3,(H2,19,20,21,23);4-7,10-11H,3,8-9H2,1-2H3,(H2,19,20,21,23);3-4,6-7,9-11H,5,8H2,1-2H3,(H2,19,20,21,22);4-5,8-10H,6-7H2,1-3H3,(H2,17,19,20,22);1-7H,(H2,17,18,19,20). The fraction of sp³-hybridized carbons (Fsp3) is 0.269. The minimum absolute atomic E-state index is 0.129. The summed E-state index contributed by atoms with van der Waals surface area (Å²) >= 11 is 18.0. The molecule has 13 aromatic rings. The first-order valence-electron chi connectivity index (χ1n) is 43.0. The van der Waals surface area contributed by atoms with Crippen molar-refractivity contribution in [1.29, 1.82) is 0 Å². The number of carbonyl (C=O) groups excluding carboxylic acids is 6. The van der Waals surface area contributed by atoms with Crippen molar-refractivity contribution in [2.24, 2.45) is 5.92 Å². The molecule has 12 amide bonds. The molecule has 0 aliphatic heterocycles. The number of aryl methyl sites for hydroxylation is 2. The molecule has 48 heteroatoms. The van der Waals surface area contributed by atoms with E-state index in [2.05, 4.69) is 157 Å². The van der Waals surface area contributed by atoms with Crippen LogP contribution in [0.1, 0.15) is 38.1 Å². The fourth-order valence-electron chi connectivity index (χ4n) is 10.9. The predicted molar refractivity (Wildman–Crippen MR) is 537 cm³/mol. The summed E-state index contributed by atoms with van der Waals surface area (Å²) in [5.41, 5.74) is 4.73. The predicted octanol–water partition coefficient (Wildman–Crippen LogP) is 17.7. The van der Waals surface area contributed by atoms with Crippen molar-refractivity contribution in [3.05, 3.63) is 253 Å². The maximum Gasteiger partial charge on any atom is 0.573 e. The summed E-state index contributed by atoms with van der Waals surface area (Å²) in [5, 5.41) is 33.7. The van der Waals surface area contributed by atoms with Crippen molar-refractivity contribution in [2.45, 2.75) is 46.9 Å². The minimum Gasteiger partial charge on any atom is -0.491 e. The monoisotopic (exact) mass is 2000 g/mol. The van der Waals surface area contributed by atoms with E-state index in [1.165, 1.54) is 117 Å². The molecule has 0 unspecified atom stereocenters. The molecule has 0 bridgehead atoms. The number of aromatic nitrogens is 14. The molecule has 0 fully saturated rings. The van der Waals surface area contributed by atoms with Gasteiger partial charge in [-0.3, -0.25) is 71.8 Å². The molecule has 0 aliphatic rings. The van der Waals surface area contributed by atoms with Crippen molar-refractivity contribution < 1.29 is 70.4 Å². The van der Waals surface area contributed by atoms with Crippen LogP contribution in [0.4, 0.5) is 111 Å². The van der Waals surface area contributed by atoms with Gasteiger partial charge < -0.3 is 79.9 Å². The van der Waals surface area contributed by atoms with Crippen LogP contribution in [0.15, 0.2) is 227 Å². The number of para-hydroxylation sites is 2. The second kappa shape index (κ2) is 59.3. The smallest absolute Gasteiger partial charge is 0.491 e. The lowest BCUT2D eigenvalue weighted by Gasteiger charge is -2.15. The molecule has 0 aliphatic carbocycles. The number of pyridine rings is 2. The number of alkyl halides is 3. The highest BCUT2D eigenvalue weighted by molar-refractivity contribution is 6.32. The Balaban J connectivity index is 0.000000207. The van der Waals surface area contributed by atoms with Gasteiger partial charge in [-0.2, -0.15) is 0 Å². The molecule has 13 rings (SSSR count). The van der Waals surface area contributed by atoms with Crippen molar-refractivity contribution in [2.75, 3.05) is 179 Å². The molecule has 0 spiro atoms. The quantitative estimate of drug-likeness (QED) is 0.0167. The van der Waals surface area contributed by atoms with Gasteiger partial charge in [0.15, 0.2) is 40.7 Å². The van der Waals surface area contributed by atoms with Crippen LogP contribution in [0.3, 0.4) is 0 Å². The highest BCUT2D eigenvalue weighted by atomic mass is 35.5. The number of halogens is 6. The number of nitrogens with zero attached hydrogens (tertiary/aromatic N) is 18. The van der Waals surface area contributed by atoms with Gasteiger partial charge in [0.1, 0.15) is 54.3 Å². The number of ether oxygens (including phenoxy) is 6. The highest BCUT2D eigenvalue weighted by Crippen LogP contribution is 2.35. The third kappa shape index (κ3) is 44.4. The van der Waals surface area contributed by atoms with Gasteiger partial charge in [-0.25, -0.2) is 58.7 Å². The summed E-state index contributed by atoms with van der Waals surface area (Å²) in [6.07, 6.45) is 25.3. The summed E-state index contributed by atoms with van der Waals surface area (Å²) in [6, 6.07) is 26.7. The third-order valence-corrected chi connectivity index (χ3v) is 18.2. The summed E-state index contributed by atoms with van der Waals surface area (Å²) in [6.45, 7) is 13.8. The normalized spacial score (nSPS) is 10.6. The van der Waals surface area contributed by atoms with Crippen LogP contribution in [-0.2, 0) is 0 Å². The molecule has 0 atom stereocenters. The molecule has 0 saturated carbocycles. The number of fused-ring (bicyclic) bond motifs is 1.